The normalized spacial score (nSPS) is 37.9. The standard InChI is InChI=1S/C14H22O2/c1-10(2)13(15)16-14(3)8-11-5-4-6-12(7-11)9-14/h11-12H,1,4-9H2,2-3H3. The molecular weight excluding hydrogens is 200 g/mol. The van der Waals surface area contributed by atoms with Gasteiger partial charge in [-0.15, -0.1) is 0 Å². The van der Waals surface area contributed by atoms with Gasteiger partial charge >= 0.3 is 5.97 Å². The van der Waals surface area contributed by atoms with Gasteiger partial charge in [0.25, 0.3) is 0 Å². The van der Waals surface area contributed by atoms with Crippen molar-refractivity contribution in [3.63, 3.8) is 0 Å². The monoisotopic (exact) mass is 222 g/mol. The Balaban J connectivity index is 2.02. The highest BCUT2D eigenvalue weighted by molar-refractivity contribution is 5.87. The highest BCUT2D eigenvalue weighted by Gasteiger charge is 2.41. The largest absolute Gasteiger partial charge is 0.456 e. The lowest BCUT2D eigenvalue weighted by molar-refractivity contribution is -0.161. The van der Waals surface area contributed by atoms with Gasteiger partial charge in [0.2, 0.25) is 0 Å². The molecule has 2 nitrogen and oxygen atoms in total. The van der Waals surface area contributed by atoms with E-state index >= 15 is 0 Å². The summed E-state index contributed by atoms with van der Waals surface area (Å²) < 4.78 is 5.64. The minimum atomic E-state index is -0.232. The summed E-state index contributed by atoms with van der Waals surface area (Å²) >= 11 is 0. The molecule has 2 aliphatic carbocycles. The van der Waals surface area contributed by atoms with Gasteiger partial charge in [-0.3, -0.25) is 0 Å². The molecule has 90 valence electrons. The van der Waals surface area contributed by atoms with E-state index in [2.05, 4.69) is 13.5 Å². The predicted octanol–water partition coefficient (Wildman–Crippen LogP) is 3.46. The van der Waals surface area contributed by atoms with Crippen LogP contribution < -0.4 is 0 Å². The molecule has 2 fully saturated rings. The van der Waals surface area contributed by atoms with Gasteiger partial charge in [0, 0.05) is 5.57 Å². The first-order valence-electron chi connectivity index (χ1n) is 6.37. The van der Waals surface area contributed by atoms with Crippen LogP contribution in [0.25, 0.3) is 0 Å². The molecule has 2 atom stereocenters. The maximum atomic E-state index is 11.6. The summed E-state index contributed by atoms with van der Waals surface area (Å²) in [5.41, 5.74) is 0.279. The number of esters is 1. The first-order valence-corrected chi connectivity index (χ1v) is 6.37. The molecule has 0 aromatic rings. The van der Waals surface area contributed by atoms with Crippen molar-refractivity contribution in [1.82, 2.24) is 0 Å². The highest BCUT2D eigenvalue weighted by Crippen LogP contribution is 2.45. The van der Waals surface area contributed by atoms with Gasteiger partial charge in [0.1, 0.15) is 5.60 Å². The second-order valence-electron chi connectivity index (χ2n) is 5.93. The zero-order chi connectivity index (χ0) is 11.8. The Morgan fingerprint density at radius 2 is 1.88 bits per heavy atom. The Morgan fingerprint density at radius 3 is 2.38 bits per heavy atom. The molecule has 0 heterocycles. The van der Waals surface area contributed by atoms with Crippen molar-refractivity contribution in [2.75, 3.05) is 0 Å². The summed E-state index contributed by atoms with van der Waals surface area (Å²) in [6.45, 7) is 7.46. The smallest absolute Gasteiger partial charge is 0.333 e. The number of carbonyl (C=O) groups is 1. The summed E-state index contributed by atoms with van der Waals surface area (Å²) in [7, 11) is 0. The van der Waals surface area contributed by atoms with Crippen molar-refractivity contribution in [2.45, 2.75) is 58.0 Å². The second-order valence-corrected chi connectivity index (χ2v) is 5.93. The van der Waals surface area contributed by atoms with Gasteiger partial charge in [0.05, 0.1) is 0 Å². The SMILES string of the molecule is C=C(C)C(=O)OC1(C)CC2CCCC(C2)C1. The van der Waals surface area contributed by atoms with Crippen LogP contribution in [0.4, 0.5) is 0 Å². The minimum absolute atomic E-state index is 0.220. The summed E-state index contributed by atoms with van der Waals surface area (Å²) in [6, 6.07) is 0. The third-order valence-corrected chi connectivity index (χ3v) is 4.02. The molecule has 2 bridgehead atoms. The number of rotatable bonds is 2. The lowest BCUT2D eigenvalue weighted by Gasteiger charge is -2.44. The lowest BCUT2D eigenvalue weighted by Crippen LogP contribution is -2.42. The van der Waals surface area contributed by atoms with Crippen molar-refractivity contribution in [3.05, 3.63) is 12.2 Å². The Morgan fingerprint density at radius 1 is 1.31 bits per heavy atom. The van der Waals surface area contributed by atoms with Crippen LogP contribution in [-0.2, 0) is 9.53 Å². The molecule has 2 rings (SSSR count). The molecule has 0 spiro atoms. The van der Waals surface area contributed by atoms with Crippen molar-refractivity contribution in [2.24, 2.45) is 11.8 Å². The molecular formula is C14H22O2. The molecule has 0 amide bonds. The van der Waals surface area contributed by atoms with Crippen molar-refractivity contribution >= 4 is 5.97 Å². The third-order valence-electron chi connectivity index (χ3n) is 4.02. The number of ether oxygens (including phenoxy) is 1. The third kappa shape index (κ3) is 2.47. The van der Waals surface area contributed by atoms with E-state index in [-0.39, 0.29) is 11.6 Å². The van der Waals surface area contributed by atoms with Gasteiger partial charge in [-0.2, -0.15) is 0 Å². The number of hydrogen-bond acceptors (Lipinski definition) is 2. The van der Waals surface area contributed by atoms with E-state index in [1.54, 1.807) is 6.92 Å². The van der Waals surface area contributed by atoms with Crippen molar-refractivity contribution < 1.29 is 9.53 Å². The Kier molecular flexibility index (Phi) is 3.09. The summed E-state index contributed by atoms with van der Waals surface area (Å²) in [5.74, 6) is 1.33. The zero-order valence-corrected chi connectivity index (χ0v) is 10.4. The van der Waals surface area contributed by atoms with Crippen LogP contribution in [-0.4, -0.2) is 11.6 Å². The van der Waals surface area contributed by atoms with E-state index in [1.807, 2.05) is 0 Å². The quantitative estimate of drug-likeness (QED) is 0.528. The van der Waals surface area contributed by atoms with E-state index in [4.69, 9.17) is 4.74 Å². The molecule has 16 heavy (non-hydrogen) atoms. The minimum Gasteiger partial charge on any atom is -0.456 e. The molecule has 0 aromatic heterocycles. The molecule has 2 saturated carbocycles. The van der Waals surface area contributed by atoms with Crippen LogP contribution in [0.2, 0.25) is 0 Å². The van der Waals surface area contributed by atoms with Gasteiger partial charge < -0.3 is 4.74 Å². The Hall–Kier alpha value is -0.790. The fraction of sp³-hybridized carbons (Fsp3) is 0.786. The van der Waals surface area contributed by atoms with Crippen molar-refractivity contribution in [3.8, 4) is 0 Å². The number of hydrogen-bond donors (Lipinski definition) is 0. The summed E-state index contributed by atoms with van der Waals surface area (Å²) in [5, 5.41) is 0. The fourth-order valence-corrected chi connectivity index (χ4v) is 3.47. The molecule has 2 aliphatic rings. The second kappa shape index (κ2) is 4.23. The van der Waals surface area contributed by atoms with Crippen LogP contribution in [0, 0.1) is 11.8 Å². The lowest BCUT2D eigenvalue weighted by atomic mass is 9.66. The molecule has 0 saturated heterocycles. The van der Waals surface area contributed by atoms with Crippen LogP contribution in [0.1, 0.15) is 52.4 Å². The Labute approximate surface area is 98.1 Å². The maximum Gasteiger partial charge on any atom is 0.333 e. The Bertz CT molecular complexity index is 294. The average molecular weight is 222 g/mol. The molecule has 2 unspecified atom stereocenters. The first kappa shape index (κ1) is 11.7. The maximum absolute atomic E-state index is 11.6. The highest BCUT2D eigenvalue weighted by atomic mass is 16.6. The number of fused-ring (bicyclic) bond motifs is 2. The van der Waals surface area contributed by atoms with Gasteiger partial charge in [-0.1, -0.05) is 25.8 Å². The van der Waals surface area contributed by atoms with E-state index in [0.29, 0.717) is 5.57 Å². The van der Waals surface area contributed by atoms with Crippen LogP contribution >= 0.6 is 0 Å². The molecule has 0 aliphatic heterocycles. The molecule has 0 radical (unpaired) electrons. The van der Waals surface area contributed by atoms with Crippen molar-refractivity contribution in [1.29, 1.82) is 0 Å². The molecule has 0 N–H and O–H groups in total. The van der Waals surface area contributed by atoms with Crippen LogP contribution in [0.5, 0.6) is 0 Å². The van der Waals surface area contributed by atoms with Gasteiger partial charge in [-0.05, 0) is 44.9 Å². The van der Waals surface area contributed by atoms with Gasteiger partial charge in [-0.25, -0.2) is 4.79 Å². The van der Waals surface area contributed by atoms with E-state index < -0.39 is 0 Å². The van der Waals surface area contributed by atoms with Gasteiger partial charge in [0.15, 0.2) is 0 Å². The topological polar surface area (TPSA) is 26.3 Å². The average Bonchev–Trinajstić information content (AvgIpc) is 2.15. The van der Waals surface area contributed by atoms with E-state index in [0.717, 1.165) is 24.7 Å². The number of carbonyl (C=O) groups excluding carboxylic acids is 1. The van der Waals surface area contributed by atoms with Crippen LogP contribution in [0.15, 0.2) is 12.2 Å². The van der Waals surface area contributed by atoms with Crippen LogP contribution in [0.3, 0.4) is 0 Å². The molecule has 2 heteroatoms. The summed E-state index contributed by atoms with van der Waals surface area (Å²) in [4.78, 5) is 11.6. The zero-order valence-electron chi connectivity index (χ0n) is 10.4. The summed E-state index contributed by atoms with van der Waals surface area (Å²) in [6.07, 6.45) is 7.43. The fourth-order valence-electron chi connectivity index (χ4n) is 3.47. The first-order chi connectivity index (χ1) is 7.48. The molecule has 0 aromatic carbocycles. The van der Waals surface area contributed by atoms with E-state index in [9.17, 15) is 4.79 Å². The predicted molar refractivity (Wildman–Crippen MR) is 64.0 cm³/mol. The van der Waals surface area contributed by atoms with E-state index in [1.165, 1.54) is 25.7 Å².